The van der Waals surface area contributed by atoms with E-state index in [0.717, 1.165) is 6.54 Å². The number of methoxy groups -OCH3 is 1. The molecule has 1 aromatic heterocycles. The highest BCUT2D eigenvalue weighted by Gasteiger charge is 2.36. The van der Waals surface area contributed by atoms with Crippen LogP contribution in [0.2, 0.25) is 0 Å². The minimum Gasteiger partial charge on any atom is -0.377 e. The van der Waals surface area contributed by atoms with Crippen molar-refractivity contribution < 1.29 is 4.74 Å². The summed E-state index contributed by atoms with van der Waals surface area (Å²) in [6, 6.07) is 4.41. The van der Waals surface area contributed by atoms with Crippen LogP contribution in [-0.4, -0.2) is 24.2 Å². The predicted molar refractivity (Wildman–Crippen MR) is 64.2 cm³/mol. The Morgan fingerprint density at radius 2 is 2.38 bits per heavy atom. The lowest BCUT2D eigenvalue weighted by Crippen LogP contribution is -2.48. The maximum absolute atomic E-state index is 5.58. The normalized spacial score (nSPS) is 20.1. The Hall–Kier alpha value is -0.930. The first-order chi connectivity index (χ1) is 7.76. The first-order valence-electron chi connectivity index (χ1n) is 5.94. The molecule has 1 aromatic rings. The molecule has 1 heterocycles. The Labute approximate surface area is 97.2 Å². The highest BCUT2D eigenvalue weighted by atomic mass is 16.5. The first-order valence-corrected chi connectivity index (χ1v) is 5.94. The summed E-state index contributed by atoms with van der Waals surface area (Å²) in [6.45, 7) is 3.10. The van der Waals surface area contributed by atoms with Gasteiger partial charge in [0.1, 0.15) is 0 Å². The zero-order chi connectivity index (χ0) is 11.4. The van der Waals surface area contributed by atoms with E-state index in [9.17, 15) is 0 Å². The number of hydrogen-bond donors (Lipinski definition) is 1. The average Bonchev–Trinajstić information content (AvgIpc) is 2.29. The summed E-state index contributed by atoms with van der Waals surface area (Å²) in [4.78, 5) is 4.13. The Morgan fingerprint density at radius 1 is 1.56 bits per heavy atom. The molecule has 88 valence electrons. The maximum Gasteiger partial charge on any atom is 0.0802 e. The van der Waals surface area contributed by atoms with Crippen molar-refractivity contribution >= 4 is 0 Å². The molecule has 3 heteroatoms. The van der Waals surface area contributed by atoms with E-state index < -0.39 is 0 Å². The maximum atomic E-state index is 5.58. The summed E-state index contributed by atoms with van der Waals surface area (Å²) in [5.74, 6) is 0. The van der Waals surface area contributed by atoms with Gasteiger partial charge in [-0.1, -0.05) is 6.07 Å². The Balaban J connectivity index is 1.86. The van der Waals surface area contributed by atoms with E-state index in [1.807, 2.05) is 19.4 Å². The molecule has 0 radical (unpaired) electrons. The Kier molecular flexibility index (Phi) is 3.56. The smallest absolute Gasteiger partial charge is 0.0802 e. The van der Waals surface area contributed by atoms with Gasteiger partial charge in [-0.15, -0.1) is 0 Å². The van der Waals surface area contributed by atoms with E-state index in [1.165, 1.54) is 24.8 Å². The molecule has 0 aliphatic heterocycles. The van der Waals surface area contributed by atoms with Gasteiger partial charge in [-0.2, -0.15) is 0 Å². The van der Waals surface area contributed by atoms with Crippen molar-refractivity contribution in [3.05, 3.63) is 30.1 Å². The van der Waals surface area contributed by atoms with E-state index in [4.69, 9.17) is 4.74 Å². The van der Waals surface area contributed by atoms with Crippen LogP contribution in [0.5, 0.6) is 0 Å². The topological polar surface area (TPSA) is 34.1 Å². The molecule has 0 saturated heterocycles. The second-order valence-electron chi connectivity index (χ2n) is 4.63. The van der Waals surface area contributed by atoms with E-state index in [1.54, 1.807) is 6.20 Å². The largest absolute Gasteiger partial charge is 0.377 e. The minimum absolute atomic E-state index is 0.0937. The van der Waals surface area contributed by atoms with Crippen LogP contribution in [0, 0.1) is 0 Å². The third-order valence-electron chi connectivity index (χ3n) is 3.61. The zero-order valence-corrected chi connectivity index (χ0v) is 10.1. The Morgan fingerprint density at radius 3 is 2.88 bits per heavy atom. The summed E-state index contributed by atoms with van der Waals surface area (Å²) in [6.07, 6.45) is 7.36. The van der Waals surface area contributed by atoms with Gasteiger partial charge in [-0.25, -0.2) is 0 Å². The van der Waals surface area contributed by atoms with Crippen LogP contribution in [-0.2, 0) is 4.74 Å². The fraction of sp³-hybridized carbons (Fsp3) is 0.615. The standard InChI is InChI=1S/C13H20N2O/c1-11(12-5-3-8-14-9-12)15-10-13(16-2)6-4-7-13/h3,5,8-9,11,15H,4,6-7,10H2,1-2H3. The minimum atomic E-state index is 0.0937. The molecule has 1 fully saturated rings. The van der Waals surface area contributed by atoms with Gasteiger partial charge in [-0.05, 0) is 37.8 Å². The first kappa shape index (κ1) is 11.6. The van der Waals surface area contributed by atoms with Gasteiger partial charge in [0.2, 0.25) is 0 Å². The lowest BCUT2D eigenvalue weighted by atomic mass is 9.80. The summed E-state index contributed by atoms with van der Waals surface area (Å²) in [5.41, 5.74) is 1.32. The van der Waals surface area contributed by atoms with E-state index in [2.05, 4.69) is 23.3 Å². The van der Waals surface area contributed by atoms with Crippen LogP contribution in [0.4, 0.5) is 0 Å². The highest BCUT2D eigenvalue weighted by molar-refractivity contribution is 5.13. The van der Waals surface area contributed by atoms with Crippen molar-refractivity contribution in [3.8, 4) is 0 Å². The van der Waals surface area contributed by atoms with Crippen LogP contribution >= 0.6 is 0 Å². The number of nitrogens with zero attached hydrogens (tertiary/aromatic N) is 1. The van der Waals surface area contributed by atoms with Crippen LogP contribution in [0.25, 0.3) is 0 Å². The van der Waals surface area contributed by atoms with Crippen molar-refractivity contribution in [2.45, 2.75) is 37.8 Å². The predicted octanol–water partition coefficient (Wildman–Crippen LogP) is 2.30. The molecule has 0 spiro atoms. The number of hydrogen-bond acceptors (Lipinski definition) is 3. The molecular formula is C13H20N2O. The van der Waals surface area contributed by atoms with Crippen LogP contribution < -0.4 is 5.32 Å². The van der Waals surface area contributed by atoms with Gasteiger partial charge >= 0.3 is 0 Å². The third-order valence-corrected chi connectivity index (χ3v) is 3.61. The summed E-state index contributed by atoms with van der Waals surface area (Å²) in [5, 5.41) is 3.53. The fourth-order valence-corrected chi connectivity index (χ4v) is 2.11. The SMILES string of the molecule is COC1(CNC(C)c2cccnc2)CCC1. The number of aromatic nitrogens is 1. The third kappa shape index (κ3) is 2.42. The number of pyridine rings is 1. The lowest BCUT2D eigenvalue weighted by molar-refractivity contribution is -0.0706. The van der Waals surface area contributed by atoms with E-state index in [-0.39, 0.29) is 5.60 Å². The second kappa shape index (κ2) is 4.93. The Bertz CT molecular complexity index is 316. The molecule has 2 rings (SSSR count). The van der Waals surface area contributed by atoms with Crippen molar-refractivity contribution in [2.24, 2.45) is 0 Å². The molecule has 0 aromatic carbocycles. The summed E-state index contributed by atoms with van der Waals surface area (Å²) >= 11 is 0. The molecule has 1 N–H and O–H groups in total. The molecule has 3 nitrogen and oxygen atoms in total. The monoisotopic (exact) mass is 220 g/mol. The molecule has 1 unspecified atom stereocenters. The van der Waals surface area contributed by atoms with Crippen LogP contribution in [0.3, 0.4) is 0 Å². The van der Waals surface area contributed by atoms with Gasteiger partial charge in [0, 0.05) is 32.1 Å². The summed E-state index contributed by atoms with van der Waals surface area (Å²) < 4.78 is 5.58. The molecule has 1 aliphatic carbocycles. The number of rotatable bonds is 5. The van der Waals surface area contributed by atoms with Crippen molar-refractivity contribution in [1.82, 2.24) is 10.3 Å². The molecular weight excluding hydrogens is 200 g/mol. The second-order valence-corrected chi connectivity index (χ2v) is 4.63. The zero-order valence-electron chi connectivity index (χ0n) is 10.1. The number of nitrogens with one attached hydrogen (secondary N) is 1. The quantitative estimate of drug-likeness (QED) is 0.826. The highest BCUT2D eigenvalue weighted by Crippen LogP contribution is 2.34. The van der Waals surface area contributed by atoms with Crippen molar-refractivity contribution in [3.63, 3.8) is 0 Å². The van der Waals surface area contributed by atoms with E-state index >= 15 is 0 Å². The molecule has 0 bridgehead atoms. The molecule has 0 amide bonds. The van der Waals surface area contributed by atoms with Crippen LogP contribution in [0.15, 0.2) is 24.5 Å². The molecule has 1 aliphatic rings. The van der Waals surface area contributed by atoms with Crippen LogP contribution in [0.1, 0.15) is 37.8 Å². The average molecular weight is 220 g/mol. The van der Waals surface area contributed by atoms with Gasteiger partial charge in [0.25, 0.3) is 0 Å². The molecule has 1 saturated carbocycles. The lowest BCUT2D eigenvalue weighted by Gasteiger charge is -2.41. The van der Waals surface area contributed by atoms with Gasteiger partial charge in [0.15, 0.2) is 0 Å². The van der Waals surface area contributed by atoms with Crippen molar-refractivity contribution in [2.75, 3.05) is 13.7 Å². The number of ether oxygens (including phenoxy) is 1. The summed E-state index contributed by atoms with van der Waals surface area (Å²) in [7, 11) is 1.82. The fourth-order valence-electron chi connectivity index (χ4n) is 2.11. The molecule has 1 atom stereocenters. The van der Waals surface area contributed by atoms with Gasteiger partial charge in [0.05, 0.1) is 5.60 Å². The van der Waals surface area contributed by atoms with Gasteiger partial charge in [-0.3, -0.25) is 4.98 Å². The van der Waals surface area contributed by atoms with Gasteiger partial charge < -0.3 is 10.1 Å². The van der Waals surface area contributed by atoms with E-state index in [0.29, 0.717) is 6.04 Å². The molecule has 16 heavy (non-hydrogen) atoms. The van der Waals surface area contributed by atoms with Crippen molar-refractivity contribution in [1.29, 1.82) is 0 Å².